The number of carbonyl (C=O) groups is 3. The molecule has 3 saturated carbocycles. The Morgan fingerprint density at radius 3 is 2.67 bits per heavy atom. The number of fused-ring (bicyclic) bond motifs is 5. The molecule has 0 aromatic heterocycles. The summed E-state index contributed by atoms with van der Waals surface area (Å²) in [6.45, 7) is 9.73. The van der Waals surface area contributed by atoms with E-state index in [0.29, 0.717) is 23.7 Å². The molecular weight excluding hydrogens is 418 g/mol. The molecule has 0 bridgehead atoms. The molecule has 0 aliphatic heterocycles. The van der Waals surface area contributed by atoms with Crippen LogP contribution in [0.4, 0.5) is 0 Å². The summed E-state index contributed by atoms with van der Waals surface area (Å²) in [5, 5.41) is 12.1. The van der Waals surface area contributed by atoms with E-state index < -0.39 is 6.61 Å². The van der Waals surface area contributed by atoms with Gasteiger partial charge in [-0.3, -0.25) is 14.4 Å². The van der Waals surface area contributed by atoms with Crippen LogP contribution in [0.3, 0.4) is 0 Å². The van der Waals surface area contributed by atoms with Gasteiger partial charge in [-0.05, 0) is 88.2 Å². The highest BCUT2D eigenvalue weighted by atomic mass is 16.5. The van der Waals surface area contributed by atoms with Crippen LogP contribution in [0.5, 0.6) is 0 Å². The largest absolute Gasteiger partial charge is 0.462 e. The third kappa shape index (κ3) is 3.98. The second-order valence-electron chi connectivity index (χ2n) is 11.4. The molecule has 4 aliphatic rings. The lowest BCUT2D eigenvalue weighted by molar-refractivity contribution is -0.156. The summed E-state index contributed by atoms with van der Waals surface area (Å²) >= 11 is 0. The first-order valence-corrected chi connectivity index (χ1v) is 12.5. The fourth-order valence-electron chi connectivity index (χ4n) is 8.26. The van der Waals surface area contributed by atoms with Gasteiger partial charge in [-0.15, -0.1) is 0 Å². The Labute approximate surface area is 197 Å². The second kappa shape index (κ2) is 8.68. The van der Waals surface area contributed by atoms with Crippen LogP contribution in [-0.2, 0) is 19.1 Å². The Bertz CT molecular complexity index is 906. The Morgan fingerprint density at radius 1 is 1.27 bits per heavy atom. The van der Waals surface area contributed by atoms with Gasteiger partial charge in [-0.1, -0.05) is 25.0 Å². The number of amides is 1. The van der Waals surface area contributed by atoms with Crippen molar-refractivity contribution in [1.29, 1.82) is 0 Å². The van der Waals surface area contributed by atoms with Crippen LogP contribution in [0.25, 0.3) is 0 Å². The number of allylic oxidation sites excluding steroid dienone is 4. The van der Waals surface area contributed by atoms with Gasteiger partial charge < -0.3 is 15.2 Å². The molecular formula is C27H39NO5. The van der Waals surface area contributed by atoms with E-state index in [9.17, 15) is 14.4 Å². The van der Waals surface area contributed by atoms with Gasteiger partial charge in [0.15, 0.2) is 5.78 Å². The van der Waals surface area contributed by atoms with E-state index in [-0.39, 0.29) is 40.6 Å². The lowest BCUT2D eigenvalue weighted by atomic mass is 9.46. The van der Waals surface area contributed by atoms with E-state index in [2.05, 4.69) is 26.1 Å². The smallest absolute Gasteiger partial charge is 0.302 e. The lowest BCUT2D eigenvalue weighted by Crippen LogP contribution is -2.53. The van der Waals surface area contributed by atoms with E-state index in [1.807, 2.05) is 19.1 Å². The minimum absolute atomic E-state index is 0.0566. The fourth-order valence-corrected chi connectivity index (χ4v) is 8.26. The number of ketones is 1. The van der Waals surface area contributed by atoms with Gasteiger partial charge >= 0.3 is 5.97 Å². The summed E-state index contributed by atoms with van der Waals surface area (Å²) in [5.41, 5.74) is 2.29. The second-order valence-corrected chi connectivity index (χ2v) is 11.4. The molecule has 0 unspecified atom stereocenters. The summed E-state index contributed by atoms with van der Waals surface area (Å²) in [6.07, 6.45) is 9.24. The van der Waals surface area contributed by atoms with E-state index in [1.165, 1.54) is 18.1 Å². The number of nitrogens with one attached hydrogen (secondary N) is 1. The van der Waals surface area contributed by atoms with Crippen molar-refractivity contribution in [1.82, 2.24) is 5.32 Å². The highest BCUT2D eigenvalue weighted by molar-refractivity contribution is 6.02. The van der Waals surface area contributed by atoms with Gasteiger partial charge in [0, 0.05) is 23.8 Å². The SMILES string of the molecule is CC(=O)O[C@H]1C[C@H](C[C@@H](C)NC(=O)CO)[C@H]2[C@@H]3CCC4=CC(=O)C=C(C)[C@]4(C)[C@H]3CC[C@@]21C. The first kappa shape index (κ1) is 24.2. The van der Waals surface area contributed by atoms with Gasteiger partial charge in [0.05, 0.1) is 0 Å². The third-order valence-electron chi connectivity index (χ3n) is 9.66. The van der Waals surface area contributed by atoms with E-state index >= 15 is 0 Å². The number of carbonyl (C=O) groups excluding carboxylic acids is 3. The normalized spacial score (nSPS) is 40.5. The van der Waals surface area contributed by atoms with Gasteiger partial charge in [0.1, 0.15) is 12.7 Å². The summed E-state index contributed by atoms with van der Waals surface area (Å²) < 4.78 is 5.91. The monoisotopic (exact) mass is 457 g/mol. The number of ether oxygens (including phenoxy) is 1. The minimum Gasteiger partial charge on any atom is -0.462 e. The highest BCUT2D eigenvalue weighted by Crippen LogP contribution is 2.67. The molecule has 6 heteroatoms. The molecule has 4 aliphatic carbocycles. The zero-order chi connectivity index (χ0) is 24.1. The topological polar surface area (TPSA) is 92.7 Å². The molecule has 33 heavy (non-hydrogen) atoms. The van der Waals surface area contributed by atoms with E-state index in [4.69, 9.17) is 9.84 Å². The number of hydrogen-bond acceptors (Lipinski definition) is 5. The maximum atomic E-state index is 12.2. The van der Waals surface area contributed by atoms with Crippen LogP contribution in [0.15, 0.2) is 23.3 Å². The number of rotatable bonds is 5. The van der Waals surface area contributed by atoms with Crippen molar-refractivity contribution in [3.63, 3.8) is 0 Å². The number of aliphatic hydroxyl groups excluding tert-OH is 1. The fraction of sp³-hybridized carbons (Fsp3) is 0.741. The Morgan fingerprint density at radius 2 is 2.00 bits per heavy atom. The van der Waals surface area contributed by atoms with Gasteiger partial charge in [0.25, 0.3) is 0 Å². The molecule has 0 saturated heterocycles. The van der Waals surface area contributed by atoms with Crippen LogP contribution in [0.2, 0.25) is 0 Å². The number of hydrogen-bond donors (Lipinski definition) is 2. The van der Waals surface area contributed by atoms with Crippen molar-refractivity contribution in [2.75, 3.05) is 6.61 Å². The van der Waals surface area contributed by atoms with E-state index in [0.717, 1.165) is 38.5 Å². The van der Waals surface area contributed by atoms with Crippen molar-refractivity contribution in [3.8, 4) is 0 Å². The molecule has 0 aromatic rings. The van der Waals surface area contributed by atoms with Gasteiger partial charge in [-0.25, -0.2) is 0 Å². The first-order chi connectivity index (χ1) is 15.5. The molecule has 0 spiro atoms. The molecule has 0 heterocycles. The zero-order valence-electron chi connectivity index (χ0n) is 20.6. The van der Waals surface area contributed by atoms with Gasteiger partial charge in [-0.2, -0.15) is 0 Å². The van der Waals surface area contributed by atoms with Crippen molar-refractivity contribution >= 4 is 17.7 Å². The molecule has 4 rings (SSSR count). The molecule has 8 atom stereocenters. The standard InChI is InChI=1S/C27H39NO5/c1-15-10-20(31)13-19-6-7-21-22(27(15,19)5)8-9-26(4)23(33-17(3)30)12-18(25(21)26)11-16(2)28-24(32)14-29/h10,13,16,18,21-23,25,29H,6-9,11-12,14H2,1-5H3,(H,28,32)/t16-,18+,21-,22+,23+,25+,26-,27+/m1/s1. The molecule has 0 radical (unpaired) electrons. The van der Waals surface area contributed by atoms with Crippen molar-refractivity contribution in [3.05, 3.63) is 23.3 Å². The Balaban J connectivity index is 1.67. The molecule has 0 aromatic carbocycles. The zero-order valence-corrected chi connectivity index (χ0v) is 20.6. The van der Waals surface area contributed by atoms with Crippen LogP contribution in [0, 0.1) is 34.5 Å². The average Bonchev–Trinajstić information content (AvgIpc) is 2.99. The first-order valence-electron chi connectivity index (χ1n) is 12.5. The molecule has 3 fully saturated rings. The molecule has 2 N–H and O–H groups in total. The van der Waals surface area contributed by atoms with Crippen molar-refractivity contribution < 1.29 is 24.2 Å². The molecule has 6 nitrogen and oxygen atoms in total. The summed E-state index contributed by atoms with van der Waals surface area (Å²) in [7, 11) is 0. The van der Waals surface area contributed by atoms with Crippen LogP contribution >= 0.6 is 0 Å². The van der Waals surface area contributed by atoms with Crippen LogP contribution < -0.4 is 5.32 Å². The maximum Gasteiger partial charge on any atom is 0.302 e. The predicted octanol–water partition coefficient (Wildman–Crippen LogP) is 3.73. The Kier molecular flexibility index (Phi) is 6.36. The number of esters is 1. The molecule has 182 valence electrons. The number of aliphatic hydroxyl groups is 1. The summed E-state index contributed by atoms with van der Waals surface area (Å²) in [4.78, 5) is 36.0. The quantitative estimate of drug-likeness (QED) is 0.614. The summed E-state index contributed by atoms with van der Waals surface area (Å²) in [6, 6.07) is -0.0566. The predicted molar refractivity (Wildman–Crippen MR) is 125 cm³/mol. The van der Waals surface area contributed by atoms with Crippen molar-refractivity contribution in [2.24, 2.45) is 34.5 Å². The lowest BCUT2D eigenvalue weighted by Gasteiger charge is -2.58. The van der Waals surface area contributed by atoms with Crippen LogP contribution in [0.1, 0.15) is 73.1 Å². The average molecular weight is 458 g/mol. The molecule has 1 amide bonds. The summed E-state index contributed by atoms with van der Waals surface area (Å²) in [5.74, 6) is 1.18. The third-order valence-corrected chi connectivity index (χ3v) is 9.66. The highest BCUT2D eigenvalue weighted by Gasteiger charge is 2.63. The maximum absolute atomic E-state index is 12.2. The van der Waals surface area contributed by atoms with Crippen LogP contribution in [-0.4, -0.2) is 41.5 Å². The Hall–Kier alpha value is -1.95. The van der Waals surface area contributed by atoms with Crippen molar-refractivity contribution in [2.45, 2.75) is 85.3 Å². The van der Waals surface area contributed by atoms with E-state index in [1.54, 1.807) is 0 Å². The minimum atomic E-state index is -0.505. The van der Waals surface area contributed by atoms with Gasteiger partial charge in [0.2, 0.25) is 5.91 Å².